The fraction of sp³-hybridized carbons (Fsp3) is 0.318. The highest BCUT2D eigenvalue weighted by Crippen LogP contribution is 2.24. The summed E-state index contributed by atoms with van der Waals surface area (Å²) in [6.07, 6.45) is -0.181. The third-order valence-electron chi connectivity index (χ3n) is 4.37. The highest BCUT2D eigenvalue weighted by Gasteiger charge is 2.25. The van der Waals surface area contributed by atoms with Crippen LogP contribution in [0.15, 0.2) is 47.3 Å². The van der Waals surface area contributed by atoms with Crippen molar-refractivity contribution in [1.29, 1.82) is 0 Å². The van der Waals surface area contributed by atoms with Crippen molar-refractivity contribution in [1.82, 2.24) is 14.9 Å². The highest BCUT2D eigenvalue weighted by atomic mass is 35.5. The van der Waals surface area contributed by atoms with E-state index in [4.69, 9.17) is 16.3 Å². The Bertz CT molecular complexity index is 1140. The number of alkyl carbamates (subject to hydrolysis) is 1. The Hall–Kier alpha value is -2.93. The molecule has 0 unspecified atom stereocenters. The van der Waals surface area contributed by atoms with Gasteiger partial charge in [0.2, 0.25) is 0 Å². The van der Waals surface area contributed by atoms with E-state index in [1.54, 1.807) is 39.0 Å². The second-order valence-corrected chi connectivity index (χ2v) is 8.24. The molecule has 0 aliphatic carbocycles. The fourth-order valence-corrected chi connectivity index (χ4v) is 3.33. The number of halogens is 2. The first kappa shape index (κ1) is 21.8. The van der Waals surface area contributed by atoms with Gasteiger partial charge in [0.1, 0.15) is 17.2 Å². The zero-order valence-corrected chi connectivity index (χ0v) is 18.0. The average molecular weight is 432 g/mol. The van der Waals surface area contributed by atoms with Crippen molar-refractivity contribution in [3.63, 3.8) is 0 Å². The lowest BCUT2D eigenvalue weighted by atomic mass is 10.1. The van der Waals surface area contributed by atoms with Gasteiger partial charge in [0.15, 0.2) is 0 Å². The van der Waals surface area contributed by atoms with E-state index in [0.29, 0.717) is 23.4 Å². The molecule has 3 rings (SSSR count). The van der Waals surface area contributed by atoms with E-state index in [-0.39, 0.29) is 10.4 Å². The smallest absolute Gasteiger partial charge is 0.408 e. The number of carbonyl (C=O) groups excluding carboxylic acids is 1. The van der Waals surface area contributed by atoms with E-state index in [0.717, 1.165) is 0 Å². The normalized spacial score (nSPS) is 12.6. The van der Waals surface area contributed by atoms with Gasteiger partial charge < -0.3 is 10.1 Å². The number of rotatable bonds is 4. The van der Waals surface area contributed by atoms with E-state index in [9.17, 15) is 14.0 Å². The van der Waals surface area contributed by atoms with Crippen LogP contribution in [-0.2, 0) is 4.74 Å². The molecule has 30 heavy (non-hydrogen) atoms. The van der Waals surface area contributed by atoms with Crippen molar-refractivity contribution >= 4 is 28.6 Å². The summed E-state index contributed by atoms with van der Waals surface area (Å²) in [6.45, 7) is 7.14. The number of ether oxygens (including phenoxy) is 1. The molecule has 8 heteroatoms. The first-order valence-corrected chi connectivity index (χ1v) is 9.95. The molecule has 1 N–H and O–H groups in total. The van der Waals surface area contributed by atoms with Gasteiger partial charge in [0, 0.05) is 0 Å². The van der Waals surface area contributed by atoms with Crippen LogP contribution < -0.4 is 10.9 Å². The lowest BCUT2D eigenvalue weighted by molar-refractivity contribution is 0.0499. The van der Waals surface area contributed by atoms with Gasteiger partial charge in [-0.25, -0.2) is 14.2 Å². The lowest BCUT2D eigenvalue weighted by Gasteiger charge is -2.24. The molecule has 0 aliphatic rings. The third kappa shape index (κ3) is 4.62. The molecule has 3 aromatic rings. The van der Waals surface area contributed by atoms with Gasteiger partial charge in [-0.05, 0) is 63.6 Å². The minimum Gasteiger partial charge on any atom is -0.444 e. The van der Waals surface area contributed by atoms with Gasteiger partial charge >= 0.3 is 6.09 Å². The Labute approximate surface area is 178 Å². The van der Waals surface area contributed by atoms with Crippen molar-refractivity contribution in [3.8, 4) is 5.69 Å². The summed E-state index contributed by atoms with van der Waals surface area (Å²) in [5, 5.41) is 3.29. The van der Waals surface area contributed by atoms with Gasteiger partial charge in [-0.3, -0.25) is 9.36 Å². The highest BCUT2D eigenvalue weighted by molar-refractivity contribution is 6.35. The molecule has 0 saturated heterocycles. The van der Waals surface area contributed by atoms with Crippen LogP contribution in [0.5, 0.6) is 0 Å². The number of carbonyl (C=O) groups is 1. The molecule has 0 saturated carbocycles. The summed E-state index contributed by atoms with van der Waals surface area (Å²) in [5.74, 6) is -0.131. The van der Waals surface area contributed by atoms with E-state index < -0.39 is 29.1 Å². The van der Waals surface area contributed by atoms with Gasteiger partial charge in [-0.2, -0.15) is 0 Å². The summed E-state index contributed by atoms with van der Waals surface area (Å²) in [4.78, 5) is 30.4. The largest absolute Gasteiger partial charge is 0.444 e. The van der Waals surface area contributed by atoms with Crippen LogP contribution >= 0.6 is 11.6 Å². The van der Waals surface area contributed by atoms with Crippen LogP contribution in [0.1, 0.15) is 46.0 Å². The predicted octanol–water partition coefficient (Wildman–Crippen LogP) is 5.15. The molecule has 0 fully saturated rings. The molecule has 6 nitrogen and oxygen atoms in total. The minimum absolute atomic E-state index is 0.249. The topological polar surface area (TPSA) is 73.2 Å². The van der Waals surface area contributed by atoms with E-state index >= 15 is 0 Å². The molecule has 1 heterocycles. The number of nitrogens with zero attached hydrogens (tertiary/aromatic N) is 2. The molecule has 1 atom stereocenters. The number of hydrogen-bond donors (Lipinski definition) is 1. The first-order chi connectivity index (χ1) is 14.1. The van der Waals surface area contributed by atoms with Crippen molar-refractivity contribution in [2.24, 2.45) is 0 Å². The lowest BCUT2D eigenvalue weighted by Crippen LogP contribution is -2.37. The zero-order valence-electron chi connectivity index (χ0n) is 17.2. The van der Waals surface area contributed by atoms with Crippen LogP contribution in [0.3, 0.4) is 0 Å². The maximum atomic E-state index is 13.5. The summed E-state index contributed by atoms with van der Waals surface area (Å²) in [5.41, 5.74) is -0.263. The van der Waals surface area contributed by atoms with Crippen molar-refractivity contribution in [2.75, 3.05) is 0 Å². The monoisotopic (exact) mass is 431 g/mol. The third-order valence-corrected chi connectivity index (χ3v) is 4.68. The molecule has 1 aromatic heterocycles. The van der Waals surface area contributed by atoms with Crippen molar-refractivity contribution in [2.45, 2.75) is 45.8 Å². The van der Waals surface area contributed by atoms with Crippen molar-refractivity contribution < 1.29 is 13.9 Å². The first-order valence-electron chi connectivity index (χ1n) is 9.57. The summed E-state index contributed by atoms with van der Waals surface area (Å²) in [6, 6.07) is 9.83. The molecular formula is C22H23ClFN3O3. The second-order valence-electron chi connectivity index (χ2n) is 7.83. The maximum Gasteiger partial charge on any atom is 0.408 e. The van der Waals surface area contributed by atoms with Gasteiger partial charge in [-0.15, -0.1) is 0 Å². The fourth-order valence-electron chi connectivity index (χ4n) is 3.08. The summed E-state index contributed by atoms with van der Waals surface area (Å²) in [7, 11) is 0. The van der Waals surface area contributed by atoms with Crippen LogP contribution in [-0.4, -0.2) is 21.2 Å². The van der Waals surface area contributed by atoms with Crippen LogP contribution in [0.4, 0.5) is 9.18 Å². The number of benzene rings is 2. The van der Waals surface area contributed by atoms with Gasteiger partial charge in [0.05, 0.1) is 27.7 Å². The number of hydrogen-bond acceptors (Lipinski definition) is 4. The Morgan fingerprint density at radius 1 is 1.23 bits per heavy atom. The molecule has 0 aliphatic heterocycles. The van der Waals surface area contributed by atoms with Crippen LogP contribution in [0.25, 0.3) is 16.6 Å². The van der Waals surface area contributed by atoms with E-state index in [1.165, 1.54) is 28.8 Å². The van der Waals surface area contributed by atoms with E-state index in [2.05, 4.69) is 10.3 Å². The number of fused-ring (bicyclic) bond motifs is 1. The molecule has 158 valence electrons. The SMILES string of the molecule is CC[C@H](NC(=O)OC(C)(C)C)c1nc2cccc(Cl)c2c(=O)n1-c1ccc(F)cc1. The Balaban J connectivity index is 2.21. The Kier molecular flexibility index (Phi) is 6.12. The molecule has 0 spiro atoms. The Morgan fingerprint density at radius 3 is 2.50 bits per heavy atom. The number of aromatic nitrogens is 2. The van der Waals surface area contributed by atoms with Crippen LogP contribution in [0.2, 0.25) is 5.02 Å². The summed E-state index contributed by atoms with van der Waals surface area (Å²) >= 11 is 6.27. The molecule has 2 aromatic carbocycles. The summed E-state index contributed by atoms with van der Waals surface area (Å²) < 4.78 is 20.2. The second kappa shape index (κ2) is 8.44. The average Bonchev–Trinajstić information content (AvgIpc) is 2.65. The molecule has 0 radical (unpaired) electrons. The zero-order chi connectivity index (χ0) is 22.1. The number of nitrogens with one attached hydrogen (secondary N) is 1. The van der Waals surface area contributed by atoms with Crippen LogP contribution in [0, 0.1) is 5.82 Å². The molecule has 1 amide bonds. The van der Waals surface area contributed by atoms with Gasteiger partial charge in [-0.1, -0.05) is 24.6 Å². The van der Waals surface area contributed by atoms with E-state index in [1.807, 2.05) is 6.92 Å². The molecular weight excluding hydrogens is 409 g/mol. The molecule has 0 bridgehead atoms. The quantitative estimate of drug-likeness (QED) is 0.619. The van der Waals surface area contributed by atoms with Crippen molar-refractivity contribution in [3.05, 3.63) is 69.5 Å². The van der Waals surface area contributed by atoms with Gasteiger partial charge in [0.25, 0.3) is 5.56 Å². The minimum atomic E-state index is -0.677. The Morgan fingerprint density at radius 2 is 1.90 bits per heavy atom. The predicted molar refractivity (Wildman–Crippen MR) is 115 cm³/mol. The standard InChI is InChI=1S/C22H23ClFN3O3/c1-5-16(26-21(29)30-22(2,3)4)19-25-17-8-6-7-15(23)18(17)20(28)27(19)14-11-9-13(24)10-12-14/h6-12,16H,5H2,1-4H3,(H,26,29)/t16-/m0/s1. The maximum absolute atomic E-state index is 13.5. The number of amides is 1.